The van der Waals surface area contributed by atoms with Gasteiger partial charge in [0.05, 0.1) is 11.1 Å². The highest BCUT2D eigenvalue weighted by atomic mass is 15.1. The molecule has 326 valence electrons. The molecule has 0 aliphatic heterocycles. The normalized spacial score (nSPS) is 19.3. The molecule has 9 aromatic rings. The van der Waals surface area contributed by atoms with Crippen LogP contribution in [-0.4, -0.2) is 0 Å². The van der Waals surface area contributed by atoms with Gasteiger partial charge in [-0.1, -0.05) is 208 Å². The fourth-order valence-corrected chi connectivity index (χ4v) is 13.6. The summed E-state index contributed by atoms with van der Waals surface area (Å²) >= 11 is 0. The lowest BCUT2D eigenvalue weighted by atomic mass is 9.67. The van der Waals surface area contributed by atoms with E-state index in [1.54, 1.807) is 0 Å². The average molecular weight is 864 g/mol. The molecule has 13 rings (SSSR count). The highest BCUT2D eigenvalue weighted by Gasteiger charge is 2.48. The summed E-state index contributed by atoms with van der Waals surface area (Å²) in [5.41, 5.74) is 19.1. The van der Waals surface area contributed by atoms with Crippen LogP contribution in [-0.2, 0) is 5.41 Å². The first-order valence-electron chi connectivity index (χ1n) is 25.2. The second-order valence-electron chi connectivity index (χ2n) is 20.1. The molecule has 0 aromatic heterocycles. The molecule has 1 nitrogen and oxygen atoms in total. The molecule has 3 fully saturated rings. The van der Waals surface area contributed by atoms with Crippen LogP contribution in [0.25, 0.3) is 44.2 Å². The monoisotopic (exact) mass is 863 g/mol. The maximum Gasteiger partial charge on any atom is 0.0714 e. The van der Waals surface area contributed by atoms with Crippen molar-refractivity contribution in [3.63, 3.8) is 0 Å². The number of anilines is 3. The van der Waals surface area contributed by atoms with Gasteiger partial charge < -0.3 is 4.90 Å². The van der Waals surface area contributed by atoms with E-state index in [0.29, 0.717) is 5.92 Å². The van der Waals surface area contributed by atoms with Crippen molar-refractivity contribution in [1.82, 2.24) is 0 Å². The molecule has 4 aliphatic rings. The molecule has 9 aromatic carbocycles. The first kappa shape index (κ1) is 40.3. The summed E-state index contributed by atoms with van der Waals surface area (Å²) in [6, 6.07) is 81.0. The van der Waals surface area contributed by atoms with Gasteiger partial charge in [-0.05, 0) is 158 Å². The van der Waals surface area contributed by atoms with E-state index < -0.39 is 5.41 Å². The van der Waals surface area contributed by atoms with Gasteiger partial charge in [0, 0.05) is 16.9 Å². The van der Waals surface area contributed by atoms with E-state index in [-0.39, 0.29) is 0 Å². The standard InChI is InChI=1S/C66H57N/c1-5-16-48(17-6-1)58-26-15-27-61-65(58)59-40-39-56(44-62(59)66(61,53-21-9-3-10-22-53)54-23-11-4-12-24-54)67(63-41-36-49-18-13-14-25-57(49)64(63)51-19-7-2-8-20-51)55-37-34-47(35-38-55)46-30-32-50(33-31-46)60-43-45-28-29-52(60)42-45/h2-4,7-15,18-27,30-41,44-45,48,52,60H,1,5-6,16-17,28-29,42-43H2. The molecule has 1 heteroatoms. The Morgan fingerprint density at radius 2 is 1.09 bits per heavy atom. The molecule has 3 atom stereocenters. The highest BCUT2D eigenvalue weighted by Crippen LogP contribution is 2.60. The van der Waals surface area contributed by atoms with Crippen molar-refractivity contribution < 1.29 is 0 Å². The van der Waals surface area contributed by atoms with Crippen molar-refractivity contribution in [2.45, 2.75) is 75.0 Å². The van der Waals surface area contributed by atoms with E-state index in [0.717, 1.165) is 34.8 Å². The fourth-order valence-electron chi connectivity index (χ4n) is 13.6. The van der Waals surface area contributed by atoms with Crippen molar-refractivity contribution in [2.24, 2.45) is 11.8 Å². The van der Waals surface area contributed by atoms with Crippen molar-refractivity contribution in [3.8, 4) is 33.4 Å². The van der Waals surface area contributed by atoms with Crippen LogP contribution in [0.3, 0.4) is 0 Å². The second-order valence-corrected chi connectivity index (χ2v) is 20.1. The van der Waals surface area contributed by atoms with Gasteiger partial charge in [0.25, 0.3) is 0 Å². The van der Waals surface area contributed by atoms with Crippen LogP contribution in [0.1, 0.15) is 103 Å². The van der Waals surface area contributed by atoms with Crippen LogP contribution in [0.15, 0.2) is 212 Å². The number of nitrogens with zero attached hydrogens (tertiary/aromatic N) is 1. The lowest BCUT2D eigenvalue weighted by Crippen LogP contribution is -2.29. The Hall–Kier alpha value is -6.96. The average Bonchev–Trinajstić information content (AvgIpc) is 4.13. The lowest BCUT2D eigenvalue weighted by molar-refractivity contribution is 0.420. The summed E-state index contributed by atoms with van der Waals surface area (Å²) in [5, 5.41) is 2.48. The maximum absolute atomic E-state index is 2.56. The first-order chi connectivity index (χ1) is 33.2. The Morgan fingerprint density at radius 1 is 0.433 bits per heavy atom. The minimum Gasteiger partial charge on any atom is -0.310 e. The summed E-state index contributed by atoms with van der Waals surface area (Å²) in [5.74, 6) is 3.14. The van der Waals surface area contributed by atoms with E-state index in [1.165, 1.54) is 135 Å². The van der Waals surface area contributed by atoms with E-state index in [4.69, 9.17) is 0 Å². The van der Waals surface area contributed by atoms with E-state index in [9.17, 15) is 0 Å². The van der Waals surface area contributed by atoms with Gasteiger partial charge in [-0.15, -0.1) is 0 Å². The van der Waals surface area contributed by atoms with Gasteiger partial charge in [0.2, 0.25) is 0 Å². The molecule has 0 radical (unpaired) electrons. The number of hydrogen-bond acceptors (Lipinski definition) is 1. The zero-order chi connectivity index (χ0) is 44.3. The van der Waals surface area contributed by atoms with Crippen LogP contribution >= 0.6 is 0 Å². The van der Waals surface area contributed by atoms with Crippen LogP contribution in [0.2, 0.25) is 0 Å². The minimum atomic E-state index is -0.515. The van der Waals surface area contributed by atoms with Crippen LogP contribution in [0, 0.1) is 11.8 Å². The number of benzene rings is 9. The highest BCUT2D eigenvalue weighted by molar-refractivity contribution is 6.05. The van der Waals surface area contributed by atoms with Crippen molar-refractivity contribution >= 4 is 27.8 Å². The van der Waals surface area contributed by atoms with Crippen LogP contribution in [0.4, 0.5) is 17.1 Å². The molecule has 0 N–H and O–H groups in total. The summed E-state index contributed by atoms with van der Waals surface area (Å²) in [6.45, 7) is 0. The van der Waals surface area contributed by atoms with Crippen molar-refractivity contribution in [1.29, 1.82) is 0 Å². The SMILES string of the molecule is c1ccc(-c2c(N(c3ccc(-c4ccc(C5CC6CCC5C6)cc4)cc3)c3ccc4c(c3)C(c3ccccc3)(c3ccccc3)c3cccc(C5CCCCC5)c3-4)ccc3ccccc23)cc1. The largest absolute Gasteiger partial charge is 0.310 e. The Balaban J connectivity index is 1.02. The fraction of sp³-hybridized carbons (Fsp3) is 0.212. The Morgan fingerprint density at radius 3 is 1.78 bits per heavy atom. The Labute approximate surface area is 396 Å². The maximum atomic E-state index is 2.56. The predicted octanol–water partition coefficient (Wildman–Crippen LogP) is 18.0. The molecule has 2 bridgehead atoms. The van der Waals surface area contributed by atoms with Crippen molar-refractivity contribution in [2.75, 3.05) is 4.90 Å². The molecule has 0 amide bonds. The van der Waals surface area contributed by atoms with Gasteiger partial charge in [-0.25, -0.2) is 0 Å². The van der Waals surface area contributed by atoms with Crippen LogP contribution < -0.4 is 4.90 Å². The summed E-state index contributed by atoms with van der Waals surface area (Å²) in [7, 11) is 0. The van der Waals surface area contributed by atoms with E-state index >= 15 is 0 Å². The summed E-state index contributed by atoms with van der Waals surface area (Å²) in [4.78, 5) is 2.54. The van der Waals surface area contributed by atoms with Gasteiger partial charge in [-0.2, -0.15) is 0 Å². The van der Waals surface area contributed by atoms with Gasteiger partial charge in [-0.3, -0.25) is 0 Å². The van der Waals surface area contributed by atoms with Crippen molar-refractivity contribution in [3.05, 3.63) is 246 Å². The van der Waals surface area contributed by atoms with Gasteiger partial charge in [0.15, 0.2) is 0 Å². The molecule has 4 aliphatic carbocycles. The number of rotatable bonds is 9. The Bertz CT molecular complexity index is 3180. The summed E-state index contributed by atoms with van der Waals surface area (Å²) < 4.78 is 0. The second kappa shape index (κ2) is 16.7. The molecule has 0 spiro atoms. The number of hydrogen-bond donors (Lipinski definition) is 0. The molecular weight excluding hydrogens is 807 g/mol. The smallest absolute Gasteiger partial charge is 0.0714 e. The zero-order valence-electron chi connectivity index (χ0n) is 38.3. The Kier molecular flexibility index (Phi) is 10.1. The first-order valence-corrected chi connectivity index (χ1v) is 25.2. The summed E-state index contributed by atoms with van der Waals surface area (Å²) in [6.07, 6.45) is 12.1. The number of fused-ring (bicyclic) bond motifs is 6. The topological polar surface area (TPSA) is 3.24 Å². The quantitative estimate of drug-likeness (QED) is 0.140. The van der Waals surface area contributed by atoms with Gasteiger partial charge in [0.1, 0.15) is 0 Å². The minimum absolute atomic E-state index is 0.515. The van der Waals surface area contributed by atoms with Gasteiger partial charge >= 0.3 is 0 Å². The third-order valence-corrected chi connectivity index (χ3v) is 16.6. The lowest BCUT2D eigenvalue weighted by Gasteiger charge is -2.35. The molecular formula is C66H57N. The molecule has 3 saturated carbocycles. The van der Waals surface area contributed by atoms with Crippen LogP contribution in [0.5, 0.6) is 0 Å². The molecule has 3 unspecified atom stereocenters. The molecule has 0 saturated heterocycles. The third kappa shape index (κ3) is 6.72. The molecule has 0 heterocycles. The zero-order valence-corrected chi connectivity index (χ0v) is 38.3. The molecule has 67 heavy (non-hydrogen) atoms. The predicted molar refractivity (Wildman–Crippen MR) is 281 cm³/mol. The van der Waals surface area contributed by atoms with E-state index in [2.05, 4.69) is 217 Å². The van der Waals surface area contributed by atoms with E-state index in [1.807, 2.05) is 0 Å². The third-order valence-electron chi connectivity index (χ3n) is 16.6.